The molecule has 1 atom stereocenters. The van der Waals surface area contributed by atoms with E-state index in [4.69, 9.17) is 4.74 Å². The summed E-state index contributed by atoms with van der Waals surface area (Å²) in [7, 11) is 0. The van der Waals surface area contributed by atoms with Gasteiger partial charge >= 0.3 is 5.97 Å². The van der Waals surface area contributed by atoms with Crippen molar-refractivity contribution in [3.63, 3.8) is 0 Å². The van der Waals surface area contributed by atoms with Crippen molar-refractivity contribution in [1.29, 1.82) is 0 Å². The molecule has 38 heavy (non-hydrogen) atoms. The first-order chi connectivity index (χ1) is 18.2. The third-order valence-electron chi connectivity index (χ3n) is 6.75. The highest BCUT2D eigenvalue weighted by Crippen LogP contribution is 2.26. The van der Waals surface area contributed by atoms with Gasteiger partial charge in [-0.05, 0) is 49.2 Å². The zero-order valence-electron chi connectivity index (χ0n) is 20.9. The van der Waals surface area contributed by atoms with Crippen molar-refractivity contribution < 1.29 is 33.8 Å². The summed E-state index contributed by atoms with van der Waals surface area (Å²) in [6, 6.07) is 10.3. The van der Waals surface area contributed by atoms with Gasteiger partial charge < -0.3 is 19.6 Å². The lowest BCUT2D eigenvalue weighted by Crippen LogP contribution is -2.51. The number of benzene rings is 2. The molecule has 0 aliphatic carbocycles. The highest BCUT2D eigenvalue weighted by atomic mass is 79.9. The maximum Gasteiger partial charge on any atom is 0.326 e. The molecule has 1 N–H and O–H groups in total. The number of piperazine rings is 1. The average Bonchev–Trinajstić information content (AvgIpc) is 3.16. The van der Waals surface area contributed by atoms with E-state index in [-0.39, 0.29) is 48.8 Å². The van der Waals surface area contributed by atoms with Gasteiger partial charge in [0.05, 0.1) is 24.2 Å². The van der Waals surface area contributed by atoms with Crippen LogP contribution in [0.2, 0.25) is 0 Å². The maximum absolute atomic E-state index is 12.8. The molecule has 0 aromatic heterocycles. The number of aryl methyl sites for hydroxylation is 1. The van der Waals surface area contributed by atoms with Gasteiger partial charge in [0.1, 0.15) is 11.8 Å². The molecule has 11 heteroatoms. The van der Waals surface area contributed by atoms with Crippen molar-refractivity contribution in [1.82, 2.24) is 14.7 Å². The van der Waals surface area contributed by atoms with Crippen molar-refractivity contribution >= 4 is 45.5 Å². The molecule has 1 saturated heterocycles. The van der Waals surface area contributed by atoms with Crippen LogP contribution in [0.4, 0.5) is 0 Å². The number of halogens is 1. The van der Waals surface area contributed by atoms with E-state index in [9.17, 15) is 29.1 Å². The molecule has 2 aromatic rings. The van der Waals surface area contributed by atoms with E-state index in [1.807, 2.05) is 25.1 Å². The van der Waals surface area contributed by atoms with Crippen LogP contribution >= 0.6 is 15.9 Å². The van der Waals surface area contributed by atoms with Gasteiger partial charge in [-0.25, -0.2) is 4.79 Å². The molecular weight excluding hydrogens is 558 g/mol. The summed E-state index contributed by atoms with van der Waals surface area (Å²) in [5.41, 5.74) is 1.36. The summed E-state index contributed by atoms with van der Waals surface area (Å²) >= 11 is 3.44. The molecule has 4 rings (SSSR count). The topological polar surface area (TPSA) is 125 Å². The van der Waals surface area contributed by atoms with E-state index in [0.29, 0.717) is 31.9 Å². The monoisotopic (exact) mass is 585 g/mol. The Labute approximate surface area is 228 Å². The van der Waals surface area contributed by atoms with E-state index in [1.54, 1.807) is 21.9 Å². The molecule has 2 aliphatic heterocycles. The summed E-state index contributed by atoms with van der Waals surface area (Å²) in [6.07, 6.45) is -0.117. The number of carboxylic acids is 1. The fourth-order valence-corrected chi connectivity index (χ4v) is 4.85. The predicted octanol–water partition coefficient (Wildman–Crippen LogP) is 2.73. The second kappa shape index (κ2) is 11.8. The summed E-state index contributed by atoms with van der Waals surface area (Å²) in [4.78, 5) is 66.6. The third-order valence-corrected chi connectivity index (χ3v) is 7.64. The summed E-state index contributed by atoms with van der Waals surface area (Å²) < 4.78 is 6.66. The van der Waals surface area contributed by atoms with Crippen LogP contribution in [-0.2, 0) is 14.4 Å². The van der Waals surface area contributed by atoms with Crippen LogP contribution in [0.25, 0.3) is 0 Å². The Balaban J connectivity index is 1.23. The Morgan fingerprint density at radius 1 is 0.921 bits per heavy atom. The number of carboxylic acid groups (broad SMARTS) is 1. The summed E-state index contributed by atoms with van der Waals surface area (Å²) in [6.45, 7) is 3.57. The normalized spacial score (nSPS) is 15.9. The van der Waals surface area contributed by atoms with Crippen LogP contribution in [0.15, 0.2) is 46.9 Å². The standard InChI is InChI=1S/C27H28BrN3O7/c1-17-16-18(6-7-21(17)28)38-15-10-24(33)30-13-11-29(12-14-30)23(32)9-8-22(27(36)37)31-25(34)19-4-2-3-5-20(19)26(31)35/h2-7,16,22H,8-15H2,1H3,(H,36,37)/t22-/m0/s1. The molecule has 2 aromatic carbocycles. The first kappa shape index (κ1) is 27.3. The highest BCUT2D eigenvalue weighted by Gasteiger charge is 2.43. The zero-order chi connectivity index (χ0) is 27.4. The molecule has 2 heterocycles. The average molecular weight is 586 g/mol. The fourth-order valence-electron chi connectivity index (χ4n) is 4.60. The number of carbonyl (C=O) groups excluding carboxylic acids is 4. The van der Waals surface area contributed by atoms with Gasteiger partial charge in [0.25, 0.3) is 11.8 Å². The van der Waals surface area contributed by atoms with Crippen LogP contribution in [0.1, 0.15) is 45.5 Å². The van der Waals surface area contributed by atoms with Crippen molar-refractivity contribution in [2.75, 3.05) is 32.8 Å². The predicted molar refractivity (Wildman–Crippen MR) is 140 cm³/mol. The largest absolute Gasteiger partial charge is 0.493 e. The molecule has 200 valence electrons. The van der Waals surface area contributed by atoms with E-state index in [0.717, 1.165) is 14.9 Å². The minimum Gasteiger partial charge on any atom is -0.493 e. The van der Waals surface area contributed by atoms with Crippen LogP contribution in [0.5, 0.6) is 5.75 Å². The van der Waals surface area contributed by atoms with Gasteiger partial charge in [0.15, 0.2) is 0 Å². The second-order valence-corrected chi connectivity index (χ2v) is 10.0. The van der Waals surface area contributed by atoms with E-state index in [2.05, 4.69) is 15.9 Å². The number of imide groups is 1. The minimum atomic E-state index is -1.44. The van der Waals surface area contributed by atoms with Crippen molar-refractivity contribution in [2.45, 2.75) is 32.2 Å². The van der Waals surface area contributed by atoms with E-state index >= 15 is 0 Å². The smallest absolute Gasteiger partial charge is 0.326 e. The van der Waals surface area contributed by atoms with Crippen molar-refractivity contribution in [2.24, 2.45) is 0 Å². The molecule has 4 amide bonds. The molecule has 0 saturated carbocycles. The highest BCUT2D eigenvalue weighted by molar-refractivity contribution is 9.10. The van der Waals surface area contributed by atoms with E-state index in [1.165, 1.54) is 12.1 Å². The Hall–Kier alpha value is -3.73. The van der Waals surface area contributed by atoms with Gasteiger partial charge in [0.2, 0.25) is 11.8 Å². The number of nitrogens with zero attached hydrogens (tertiary/aromatic N) is 3. The Morgan fingerprint density at radius 3 is 2.00 bits per heavy atom. The number of aliphatic carboxylic acids is 1. The Morgan fingerprint density at radius 2 is 1.47 bits per heavy atom. The van der Waals surface area contributed by atoms with E-state index < -0.39 is 23.8 Å². The number of hydrogen-bond acceptors (Lipinski definition) is 6. The minimum absolute atomic E-state index is 0.0671. The molecule has 10 nitrogen and oxygen atoms in total. The van der Waals surface area contributed by atoms with Gasteiger partial charge in [-0.2, -0.15) is 0 Å². The van der Waals surface area contributed by atoms with Gasteiger partial charge in [0, 0.05) is 37.1 Å². The molecule has 1 fully saturated rings. The number of carbonyl (C=O) groups is 5. The number of hydrogen-bond donors (Lipinski definition) is 1. The van der Waals surface area contributed by atoms with Gasteiger partial charge in [-0.15, -0.1) is 0 Å². The lowest BCUT2D eigenvalue weighted by molar-refractivity contribution is -0.143. The maximum atomic E-state index is 12.8. The summed E-state index contributed by atoms with van der Waals surface area (Å²) in [5, 5.41) is 9.71. The first-order valence-corrected chi connectivity index (χ1v) is 13.1. The van der Waals surface area contributed by atoms with Crippen molar-refractivity contribution in [3.8, 4) is 5.75 Å². The van der Waals surface area contributed by atoms with Crippen LogP contribution < -0.4 is 4.74 Å². The fraction of sp³-hybridized carbons (Fsp3) is 0.370. The number of amides is 4. The van der Waals surface area contributed by atoms with Gasteiger partial charge in [-0.1, -0.05) is 28.1 Å². The van der Waals surface area contributed by atoms with Crippen LogP contribution in [0, 0.1) is 6.92 Å². The molecule has 2 aliphatic rings. The molecular formula is C27H28BrN3O7. The second-order valence-electron chi connectivity index (χ2n) is 9.19. The SMILES string of the molecule is Cc1cc(OCCC(=O)N2CCN(C(=O)CC[C@@H](C(=O)O)N3C(=O)c4ccccc4C3=O)CC2)ccc1Br. The number of rotatable bonds is 9. The number of fused-ring (bicyclic) bond motifs is 1. The first-order valence-electron chi connectivity index (χ1n) is 12.3. The quantitative estimate of drug-likeness (QED) is 0.448. The molecule has 0 spiro atoms. The lowest BCUT2D eigenvalue weighted by Gasteiger charge is -2.35. The zero-order valence-corrected chi connectivity index (χ0v) is 22.5. The van der Waals surface area contributed by atoms with Crippen LogP contribution in [0.3, 0.4) is 0 Å². The molecule has 0 unspecified atom stereocenters. The third kappa shape index (κ3) is 5.88. The lowest BCUT2D eigenvalue weighted by atomic mass is 10.1. The molecule has 0 bridgehead atoms. The van der Waals surface area contributed by atoms with Crippen LogP contribution in [-0.4, -0.2) is 88.2 Å². The van der Waals surface area contributed by atoms with Gasteiger partial charge in [-0.3, -0.25) is 24.1 Å². The van der Waals surface area contributed by atoms with Crippen molar-refractivity contribution in [3.05, 3.63) is 63.6 Å². The Kier molecular flexibility index (Phi) is 8.45. The molecule has 0 radical (unpaired) electrons. The Bertz CT molecular complexity index is 1240. The number of ether oxygens (including phenoxy) is 1. The summed E-state index contributed by atoms with van der Waals surface area (Å²) in [5.74, 6) is -2.34.